The molecule has 0 aliphatic carbocycles. The quantitative estimate of drug-likeness (QED) is 0.631. The first-order chi connectivity index (χ1) is 8.23. The predicted molar refractivity (Wildman–Crippen MR) is 70.8 cm³/mol. The van der Waals surface area contributed by atoms with E-state index >= 15 is 0 Å². The SMILES string of the molecule is CC(C)(C)C(=O)COc1cccc([N+](=O)[O-])c1Br. The van der Waals surface area contributed by atoms with Crippen LogP contribution in [0, 0.1) is 15.5 Å². The predicted octanol–water partition coefficient (Wildman–Crippen LogP) is 3.35. The molecule has 1 aromatic rings. The zero-order valence-electron chi connectivity index (χ0n) is 10.4. The molecule has 0 unspecified atom stereocenters. The summed E-state index contributed by atoms with van der Waals surface area (Å²) in [7, 11) is 0. The molecule has 1 aromatic carbocycles. The maximum atomic E-state index is 11.7. The molecule has 1 rings (SSSR count). The van der Waals surface area contributed by atoms with Crippen LogP contribution in [0.4, 0.5) is 5.69 Å². The summed E-state index contributed by atoms with van der Waals surface area (Å²) >= 11 is 3.10. The standard InChI is InChI=1S/C12H14BrNO4/c1-12(2,3)10(15)7-18-9-6-4-5-8(11(9)13)14(16)17/h4-6H,7H2,1-3H3. The summed E-state index contributed by atoms with van der Waals surface area (Å²) in [6.07, 6.45) is 0. The van der Waals surface area contributed by atoms with Gasteiger partial charge in [0.2, 0.25) is 0 Å². The van der Waals surface area contributed by atoms with Crippen molar-refractivity contribution in [2.45, 2.75) is 20.8 Å². The number of carbonyl (C=O) groups is 1. The van der Waals surface area contributed by atoms with Crippen molar-refractivity contribution in [2.75, 3.05) is 6.61 Å². The molecule has 0 saturated carbocycles. The average Bonchev–Trinajstić information content (AvgIpc) is 2.25. The first kappa shape index (κ1) is 14.6. The summed E-state index contributed by atoms with van der Waals surface area (Å²) in [4.78, 5) is 21.9. The van der Waals surface area contributed by atoms with Crippen LogP contribution in [0.1, 0.15) is 20.8 Å². The Hall–Kier alpha value is -1.43. The molecule has 0 spiro atoms. The minimum atomic E-state index is -0.511. The highest BCUT2D eigenvalue weighted by molar-refractivity contribution is 9.10. The van der Waals surface area contributed by atoms with Crippen molar-refractivity contribution < 1.29 is 14.5 Å². The third-order valence-corrected chi connectivity index (χ3v) is 3.13. The largest absolute Gasteiger partial charge is 0.484 e. The molecule has 98 valence electrons. The van der Waals surface area contributed by atoms with Gasteiger partial charge < -0.3 is 4.74 Å². The van der Waals surface area contributed by atoms with E-state index in [4.69, 9.17) is 4.74 Å². The third kappa shape index (κ3) is 3.53. The zero-order chi connectivity index (χ0) is 13.9. The van der Waals surface area contributed by atoms with E-state index in [1.807, 2.05) is 0 Å². The average molecular weight is 316 g/mol. The van der Waals surface area contributed by atoms with Gasteiger partial charge in [0.05, 0.1) is 4.92 Å². The molecule has 0 aliphatic rings. The van der Waals surface area contributed by atoms with Crippen LogP contribution in [0.15, 0.2) is 22.7 Å². The fourth-order valence-corrected chi connectivity index (χ4v) is 1.64. The lowest BCUT2D eigenvalue weighted by Gasteiger charge is -2.17. The first-order valence-corrected chi connectivity index (χ1v) is 6.12. The summed E-state index contributed by atoms with van der Waals surface area (Å²) in [6, 6.07) is 4.45. The maximum absolute atomic E-state index is 11.7. The summed E-state index contributed by atoms with van der Waals surface area (Å²) < 4.78 is 5.56. The van der Waals surface area contributed by atoms with Crippen LogP contribution in [0.25, 0.3) is 0 Å². The Morgan fingerprint density at radius 3 is 2.56 bits per heavy atom. The van der Waals surface area contributed by atoms with Crippen molar-refractivity contribution in [2.24, 2.45) is 5.41 Å². The lowest BCUT2D eigenvalue weighted by molar-refractivity contribution is -0.385. The number of benzene rings is 1. The normalized spacial score (nSPS) is 11.1. The molecule has 0 N–H and O–H groups in total. The molecule has 5 nitrogen and oxygen atoms in total. The molecule has 0 amide bonds. The van der Waals surface area contributed by atoms with Crippen LogP contribution in [0.5, 0.6) is 5.75 Å². The Balaban J connectivity index is 2.84. The van der Waals surface area contributed by atoms with Gasteiger partial charge in [-0.3, -0.25) is 14.9 Å². The molecule has 0 aromatic heterocycles. The van der Waals surface area contributed by atoms with Gasteiger partial charge in [-0.25, -0.2) is 0 Å². The Morgan fingerprint density at radius 1 is 1.44 bits per heavy atom. The lowest BCUT2D eigenvalue weighted by atomic mass is 9.91. The molecule has 18 heavy (non-hydrogen) atoms. The molecule has 0 saturated heterocycles. The van der Waals surface area contributed by atoms with Crippen molar-refractivity contribution in [1.29, 1.82) is 0 Å². The summed E-state index contributed by atoms with van der Waals surface area (Å²) in [5.41, 5.74) is -0.580. The summed E-state index contributed by atoms with van der Waals surface area (Å²) in [5.74, 6) is 0.225. The highest BCUT2D eigenvalue weighted by Crippen LogP contribution is 2.33. The van der Waals surface area contributed by atoms with Crippen molar-refractivity contribution in [3.8, 4) is 5.75 Å². The second-order valence-electron chi connectivity index (χ2n) is 4.81. The second kappa shape index (κ2) is 5.48. The van der Waals surface area contributed by atoms with Gasteiger partial charge in [0.25, 0.3) is 5.69 Å². The molecule has 0 heterocycles. The molecule has 0 radical (unpaired) electrons. The van der Waals surface area contributed by atoms with Gasteiger partial charge in [0.1, 0.15) is 16.8 Å². The van der Waals surface area contributed by atoms with Gasteiger partial charge in [-0.1, -0.05) is 26.8 Å². The molecule has 0 atom stereocenters. The zero-order valence-corrected chi connectivity index (χ0v) is 12.0. The first-order valence-electron chi connectivity index (χ1n) is 5.32. The third-order valence-electron chi connectivity index (χ3n) is 2.33. The van der Waals surface area contributed by atoms with E-state index < -0.39 is 10.3 Å². The van der Waals surface area contributed by atoms with Crippen LogP contribution >= 0.6 is 15.9 Å². The number of hydrogen-bond acceptors (Lipinski definition) is 4. The van der Waals surface area contributed by atoms with Crippen LogP contribution in [-0.4, -0.2) is 17.3 Å². The smallest absolute Gasteiger partial charge is 0.287 e. The van der Waals surface area contributed by atoms with Gasteiger partial charge in [-0.05, 0) is 22.0 Å². The molecule has 6 heteroatoms. The fourth-order valence-electron chi connectivity index (χ4n) is 1.11. The molecule has 0 bridgehead atoms. The van der Waals surface area contributed by atoms with E-state index in [0.717, 1.165) is 0 Å². The van der Waals surface area contributed by atoms with Gasteiger partial charge in [-0.2, -0.15) is 0 Å². The fraction of sp³-hybridized carbons (Fsp3) is 0.417. The molecular weight excluding hydrogens is 302 g/mol. The van der Waals surface area contributed by atoms with E-state index in [9.17, 15) is 14.9 Å². The number of nitro groups is 1. The number of halogens is 1. The van der Waals surface area contributed by atoms with Gasteiger partial charge in [0.15, 0.2) is 5.78 Å². The highest BCUT2D eigenvalue weighted by atomic mass is 79.9. The van der Waals surface area contributed by atoms with Gasteiger partial charge in [-0.15, -0.1) is 0 Å². The Bertz CT molecular complexity index is 479. The minimum Gasteiger partial charge on any atom is -0.484 e. The van der Waals surface area contributed by atoms with E-state index in [2.05, 4.69) is 15.9 Å². The Kier molecular flexibility index (Phi) is 4.45. The number of ether oxygens (including phenoxy) is 1. The number of Topliss-reactive ketones (excluding diaryl/α,β-unsaturated/α-hetero) is 1. The van der Waals surface area contributed by atoms with Gasteiger partial charge >= 0.3 is 0 Å². The van der Waals surface area contributed by atoms with Crippen LogP contribution in [-0.2, 0) is 4.79 Å². The number of carbonyl (C=O) groups excluding carboxylic acids is 1. The number of ketones is 1. The highest BCUT2D eigenvalue weighted by Gasteiger charge is 2.23. The lowest BCUT2D eigenvalue weighted by Crippen LogP contribution is -2.26. The van der Waals surface area contributed by atoms with E-state index in [0.29, 0.717) is 5.75 Å². The van der Waals surface area contributed by atoms with Gasteiger partial charge in [0, 0.05) is 11.5 Å². The summed E-state index contributed by atoms with van der Waals surface area (Å²) in [6.45, 7) is 5.27. The monoisotopic (exact) mass is 315 g/mol. The number of rotatable bonds is 4. The van der Waals surface area contributed by atoms with E-state index in [1.165, 1.54) is 12.1 Å². The number of hydrogen-bond donors (Lipinski definition) is 0. The van der Waals surface area contributed by atoms with Crippen molar-refractivity contribution in [3.63, 3.8) is 0 Å². The molecule has 0 aliphatic heterocycles. The van der Waals surface area contributed by atoms with Crippen LogP contribution < -0.4 is 4.74 Å². The number of nitrogens with zero attached hydrogens (tertiary/aromatic N) is 1. The molecule has 0 fully saturated rings. The van der Waals surface area contributed by atoms with E-state index in [1.54, 1.807) is 26.8 Å². The van der Waals surface area contributed by atoms with Crippen molar-refractivity contribution in [3.05, 3.63) is 32.8 Å². The number of nitro benzene ring substituents is 1. The molecular formula is C12H14BrNO4. The van der Waals surface area contributed by atoms with Crippen molar-refractivity contribution in [1.82, 2.24) is 0 Å². The summed E-state index contributed by atoms with van der Waals surface area (Å²) in [5, 5.41) is 10.7. The van der Waals surface area contributed by atoms with Crippen molar-refractivity contribution >= 4 is 27.4 Å². The maximum Gasteiger partial charge on any atom is 0.287 e. The van der Waals surface area contributed by atoms with Crippen LogP contribution in [0.3, 0.4) is 0 Å². The van der Waals surface area contributed by atoms with E-state index in [-0.39, 0.29) is 22.6 Å². The second-order valence-corrected chi connectivity index (χ2v) is 5.60. The minimum absolute atomic E-state index is 0.0686. The van der Waals surface area contributed by atoms with Crippen LogP contribution in [0.2, 0.25) is 0 Å². The Morgan fingerprint density at radius 2 is 2.06 bits per heavy atom. The topological polar surface area (TPSA) is 69.4 Å². The Labute approximate surface area is 113 Å².